The maximum absolute atomic E-state index is 14.1. The number of halogens is 1. The Morgan fingerprint density at radius 1 is 1.19 bits per heavy atom. The van der Waals surface area contributed by atoms with E-state index in [2.05, 4.69) is 9.88 Å². The maximum atomic E-state index is 14.1. The zero-order valence-electron chi connectivity index (χ0n) is 17.6. The molecule has 1 saturated heterocycles. The van der Waals surface area contributed by atoms with Crippen molar-refractivity contribution >= 4 is 16.9 Å². The fraction of sp³-hybridized carbons (Fsp3) is 0.333. The molecule has 0 atom stereocenters. The van der Waals surface area contributed by atoms with Gasteiger partial charge in [-0.1, -0.05) is 18.2 Å². The smallest absolute Gasteiger partial charge is 0.336 e. The number of nitrogens with zero attached hydrogens (tertiary/aromatic N) is 2. The Kier molecular flexibility index (Phi) is 6.04. The van der Waals surface area contributed by atoms with E-state index in [1.165, 1.54) is 19.2 Å². The summed E-state index contributed by atoms with van der Waals surface area (Å²) in [5.41, 5.74) is 2.51. The minimum atomic E-state index is -0.906. The molecular weight excluding hydrogens is 399 g/mol. The van der Waals surface area contributed by atoms with Gasteiger partial charge >= 0.3 is 5.97 Å². The van der Waals surface area contributed by atoms with Crippen LogP contribution in [0.5, 0.6) is 11.5 Å². The topological polar surface area (TPSA) is 71.9 Å². The van der Waals surface area contributed by atoms with Crippen LogP contribution in [0.25, 0.3) is 10.9 Å². The molecule has 1 aromatic heterocycles. The quantitative estimate of drug-likeness (QED) is 0.631. The number of hydrogen-bond acceptors (Lipinski definition) is 5. The van der Waals surface area contributed by atoms with Crippen molar-refractivity contribution in [1.82, 2.24) is 9.88 Å². The zero-order chi connectivity index (χ0) is 22.0. The first kappa shape index (κ1) is 21.1. The van der Waals surface area contributed by atoms with Crippen LogP contribution in [-0.4, -0.2) is 47.3 Å². The van der Waals surface area contributed by atoms with E-state index < -0.39 is 11.8 Å². The number of aromatic carboxylic acids is 1. The van der Waals surface area contributed by atoms with Crippen molar-refractivity contribution in [1.29, 1.82) is 0 Å². The second-order valence-corrected chi connectivity index (χ2v) is 7.82. The van der Waals surface area contributed by atoms with E-state index in [9.17, 15) is 14.3 Å². The number of aryl methyl sites for hydroxylation is 1. The Labute approximate surface area is 180 Å². The Morgan fingerprint density at radius 2 is 1.94 bits per heavy atom. The number of fused-ring (bicyclic) bond motifs is 1. The lowest BCUT2D eigenvalue weighted by molar-refractivity contribution is 0.0690. The minimum absolute atomic E-state index is 0.00905. The van der Waals surface area contributed by atoms with Gasteiger partial charge in [-0.15, -0.1) is 0 Å². The summed E-state index contributed by atoms with van der Waals surface area (Å²) in [5, 5.41) is 9.99. The van der Waals surface area contributed by atoms with Gasteiger partial charge in [0, 0.05) is 42.8 Å². The van der Waals surface area contributed by atoms with Crippen LogP contribution < -0.4 is 9.47 Å². The SMILES string of the molecule is COc1cc(F)cc2c(OC3CCN(Cc4ccccc4C(=O)O)CC3)cc(C)nc12. The summed E-state index contributed by atoms with van der Waals surface area (Å²) in [4.78, 5) is 18.2. The monoisotopic (exact) mass is 424 g/mol. The van der Waals surface area contributed by atoms with E-state index in [0.717, 1.165) is 37.2 Å². The predicted molar refractivity (Wildman–Crippen MR) is 115 cm³/mol. The fourth-order valence-corrected chi connectivity index (χ4v) is 4.08. The van der Waals surface area contributed by atoms with Crippen LogP contribution in [0.1, 0.15) is 34.5 Å². The van der Waals surface area contributed by atoms with Crippen molar-refractivity contribution < 1.29 is 23.8 Å². The van der Waals surface area contributed by atoms with E-state index in [4.69, 9.17) is 9.47 Å². The van der Waals surface area contributed by atoms with Crippen molar-refractivity contribution in [2.45, 2.75) is 32.4 Å². The van der Waals surface area contributed by atoms with Gasteiger partial charge in [0.2, 0.25) is 0 Å². The molecule has 1 aliphatic heterocycles. The molecule has 0 bridgehead atoms. The number of carboxylic acid groups (broad SMARTS) is 1. The first-order valence-corrected chi connectivity index (χ1v) is 10.3. The second kappa shape index (κ2) is 8.89. The van der Waals surface area contributed by atoms with Gasteiger partial charge in [-0.3, -0.25) is 4.90 Å². The summed E-state index contributed by atoms with van der Waals surface area (Å²) >= 11 is 0. The van der Waals surface area contributed by atoms with Crippen molar-refractivity contribution in [3.8, 4) is 11.5 Å². The second-order valence-electron chi connectivity index (χ2n) is 7.82. The molecule has 2 heterocycles. The summed E-state index contributed by atoms with van der Waals surface area (Å²) in [6.07, 6.45) is 1.58. The van der Waals surface area contributed by atoms with Crippen LogP contribution in [0.4, 0.5) is 4.39 Å². The van der Waals surface area contributed by atoms with Gasteiger partial charge in [0.15, 0.2) is 0 Å². The fourth-order valence-electron chi connectivity index (χ4n) is 4.08. The van der Waals surface area contributed by atoms with Crippen molar-refractivity contribution in [2.75, 3.05) is 20.2 Å². The molecule has 1 fully saturated rings. The van der Waals surface area contributed by atoms with E-state index in [-0.39, 0.29) is 6.10 Å². The summed E-state index contributed by atoms with van der Waals surface area (Å²) in [6, 6.07) is 11.7. The van der Waals surface area contributed by atoms with Gasteiger partial charge in [0.1, 0.15) is 28.9 Å². The normalized spacial score (nSPS) is 15.2. The number of hydrogen-bond donors (Lipinski definition) is 1. The molecule has 0 aliphatic carbocycles. The maximum Gasteiger partial charge on any atom is 0.336 e. The number of carboxylic acids is 1. The van der Waals surface area contributed by atoms with Gasteiger partial charge in [-0.25, -0.2) is 14.2 Å². The van der Waals surface area contributed by atoms with Crippen LogP contribution in [0, 0.1) is 12.7 Å². The molecule has 4 rings (SSSR count). The number of pyridine rings is 1. The molecule has 0 radical (unpaired) electrons. The largest absolute Gasteiger partial charge is 0.494 e. The third kappa shape index (κ3) is 4.61. The van der Waals surface area contributed by atoms with E-state index in [1.54, 1.807) is 12.1 Å². The number of benzene rings is 2. The Morgan fingerprint density at radius 3 is 2.65 bits per heavy atom. The number of likely N-dealkylation sites (tertiary alicyclic amines) is 1. The number of carbonyl (C=O) groups is 1. The molecular formula is C24H25FN2O4. The highest BCUT2D eigenvalue weighted by Crippen LogP contribution is 2.34. The summed E-state index contributed by atoms with van der Waals surface area (Å²) < 4.78 is 25.7. The van der Waals surface area contributed by atoms with E-state index in [1.807, 2.05) is 25.1 Å². The summed E-state index contributed by atoms with van der Waals surface area (Å²) in [7, 11) is 1.50. The van der Waals surface area contributed by atoms with Crippen molar-refractivity contribution in [3.63, 3.8) is 0 Å². The third-order valence-electron chi connectivity index (χ3n) is 5.62. The Bertz CT molecular complexity index is 1110. The van der Waals surface area contributed by atoms with Gasteiger partial charge in [0.25, 0.3) is 0 Å². The average Bonchev–Trinajstić information content (AvgIpc) is 2.75. The lowest BCUT2D eigenvalue weighted by Crippen LogP contribution is -2.38. The van der Waals surface area contributed by atoms with Gasteiger partial charge in [-0.2, -0.15) is 0 Å². The molecule has 3 aromatic rings. The number of piperidine rings is 1. The number of rotatable bonds is 6. The van der Waals surface area contributed by atoms with Crippen LogP contribution in [0.15, 0.2) is 42.5 Å². The van der Waals surface area contributed by atoms with Crippen molar-refractivity contribution in [3.05, 3.63) is 65.1 Å². The van der Waals surface area contributed by atoms with E-state index >= 15 is 0 Å². The zero-order valence-corrected chi connectivity index (χ0v) is 17.6. The highest BCUT2D eigenvalue weighted by atomic mass is 19.1. The van der Waals surface area contributed by atoms with Gasteiger partial charge < -0.3 is 14.6 Å². The van der Waals surface area contributed by atoms with Crippen LogP contribution in [0.3, 0.4) is 0 Å². The predicted octanol–water partition coefficient (Wildman–Crippen LogP) is 4.43. The third-order valence-corrected chi connectivity index (χ3v) is 5.62. The number of aromatic nitrogens is 1. The summed E-state index contributed by atoms with van der Waals surface area (Å²) in [5.74, 6) is -0.311. The molecule has 0 amide bonds. The average molecular weight is 424 g/mol. The van der Waals surface area contributed by atoms with Crippen LogP contribution >= 0.6 is 0 Å². The molecule has 162 valence electrons. The van der Waals surface area contributed by atoms with E-state index in [0.29, 0.717) is 34.5 Å². The standard InChI is InChI=1S/C24H25FN2O4/c1-15-11-21(20-12-17(25)13-22(30-2)23(20)26-15)31-18-7-9-27(10-8-18)14-16-5-3-4-6-19(16)24(28)29/h3-6,11-13,18H,7-10,14H2,1-2H3,(H,28,29). The van der Waals surface area contributed by atoms with Crippen LogP contribution in [-0.2, 0) is 6.54 Å². The molecule has 1 aliphatic rings. The molecule has 1 N–H and O–H groups in total. The van der Waals surface area contributed by atoms with Crippen molar-refractivity contribution in [2.24, 2.45) is 0 Å². The molecule has 0 saturated carbocycles. The lowest BCUT2D eigenvalue weighted by atomic mass is 10.0. The molecule has 0 spiro atoms. The Hall–Kier alpha value is -3.19. The molecule has 7 heteroatoms. The highest BCUT2D eigenvalue weighted by molar-refractivity contribution is 5.90. The molecule has 31 heavy (non-hydrogen) atoms. The number of ether oxygens (including phenoxy) is 2. The molecule has 6 nitrogen and oxygen atoms in total. The summed E-state index contributed by atoms with van der Waals surface area (Å²) in [6.45, 7) is 4.04. The number of methoxy groups -OCH3 is 1. The first-order chi connectivity index (χ1) is 14.9. The van der Waals surface area contributed by atoms with Gasteiger partial charge in [0.05, 0.1) is 12.7 Å². The Balaban J connectivity index is 1.47. The molecule has 0 unspecified atom stereocenters. The van der Waals surface area contributed by atoms with Crippen LogP contribution in [0.2, 0.25) is 0 Å². The first-order valence-electron chi connectivity index (χ1n) is 10.3. The minimum Gasteiger partial charge on any atom is -0.494 e. The van der Waals surface area contributed by atoms with Gasteiger partial charge in [-0.05, 0) is 37.5 Å². The highest BCUT2D eigenvalue weighted by Gasteiger charge is 2.23. The lowest BCUT2D eigenvalue weighted by Gasteiger charge is -2.32. The molecule has 2 aromatic carbocycles.